The summed E-state index contributed by atoms with van der Waals surface area (Å²) >= 11 is 15.7. The molecule has 0 aliphatic carbocycles. The van der Waals surface area contributed by atoms with E-state index in [0.29, 0.717) is 43.9 Å². The summed E-state index contributed by atoms with van der Waals surface area (Å²) in [5.74, 6) is -0.709. The van der Waals surface area contributed by atoms with Gasteiger partial charge in [0.25, 0.3) is 11.8 Å². The van der Waals surface area contributed by atoms with Gasteiger partial charge < -0.3 is 9.47 Å². The Balaban J connectivity index is 1.66. The van der Waals surface area contributed by atoms with Crippen LogP contribution in [0.5, 0.6) is 11.5 Å². The fourth-order valence-electron chi connectivity index (χ4n) is 3.50. The minimum Gasteiger partial charge on any atom is -0.490 e. The number of imide groups is 2. The summed E-state index contributed by atoms with van der Waals surface area (Å²) in [6.07, 6.45) is 1.40. The van der Waals surface area contributed by atoms with E-state index in [1.165, 1.54) is 6.08 Å². The molecule has 4 rings (SSSR count). The lowest BCUT2D eigenvalue weighted by Crippen LogP contribution is -2.54. The van der Waals surface area contributed by atoms with Gasteiger partial charge in [0, 0.05) is 15.6 Å². The lowest BCUT2D eigenvalue weighted by atomic mass is 10.1. The highest BCUT2D eigenvalue weighted by Gasteiger charge is 2.36. The van der Waals surface area contributed by atoms with Crippen LogP contribution in [0.2, 0.25) is 10.0 Å². The molecule has 1 aliphatic rings. The predicted octanol–water partition coefficient (Wildman–Crippen LogP) is 6.40. The summed E-state index contributed by atoms with van der Waals surface area (Å²) in [4.78, 5) is 38.9. The Kier molecular flexibility index (Phi) is 7.98. The Morgan fingerprint density at radius 3 is 2.44 bits per heavy atom. The number of amides is 4. The van der Waals surface area contributed by atoms with Gasteiger partial charge in [0.2, 0.25) is 0 Å². The van der Waals surface area contributed by atoms with E-state index in [-0.39, 0.29) is 12.2 Å². The van der Waals surface area contributed by atoms with Gasteiger partial charge in [-0.05, 0) is 70.9 Å². The molecule has 3 aromatic rings. The third kappa shape index (κ3) is 5.56. The Labute approximate surface area is 225 Å². The smallest absolute Gasteiger partial charge is 0.335 e. The number of anilines is 1. The monoisotopic (exact) mass is 588 g/mol. The molecule has 0 unspecified atom stereocenters. The van der Waals surface area contributed by atoms with E-state index >= 15 is 0 Å². The van der Waals surface area contributed by atoms with Crippen LogP contribution in [0.3, 0.4) is 0 Å². The largest absolute Gasteiger partial charge is 0.490 e. The molecular weight excluding hydrogens is 571 g/mol. The first-order valence-corrected chi connectivity index (χ1v) is 12.3. The summed E-state index contributed by atoms with van der Waals surface area (Å²) in [7, 11) is 0. The number of ether oxygens (including phenoxy) is 2. The van der Waals surface area contributed by atoms with Gasteiger partial charge in [-0.1, -0.05) is 47.5 Å². The van der Waals surface area contributed by atoms with Crippen LogP contribution in [-0.2, 0) is 16.2 Å². The maximum Gasteiger partial charge on any atom is 0.335 e. The van der Waals surface area contributed by atoms with Crippen LogP contribution in [0.15, 0.2) is 70.7 Å². The molecule has 36 heavy (non-hydrogen) atoms. The van der Waals surface area contributed by atoms with Gasteiger partial charge in [0.05, 0.1) is 16.8 Å². The normalized spacial score (nSPS) is 14.7. The van der Waals surface area contributed by atoms with E-state index < -0.39 is 17.8 Å². The molecule has 4 amide bonds. The van der Waals surface area contributed by atoms with Crippen molar-refractivity contribution in [1.29, 1.82) is 0 Å². The van der Waals surface area contributed by atoms with Gasteiger partial charge >= 0.3 is 6.03 Å². The number of rotatable bonds is 7. The quantitative estimate of drug-likeness (QED) is 0.255. The number of hydrogen-bond acceptors (Lipinski definition) is 5. The molecule has 3 aromatic carbocycles. The highest BCUT2D eigenvalue weighted by molar-refractivity contribution is 9.10. The second kappa shape index (κ2) is 11.2. The summed E-state index contributed by atoms with van der Waals surface area (Å²) in [5, 5.41) is 3.20. The maximum atomic E-state index is 13.1. The molecule has 1 fully saturated rings. The van der Waals surface area contributed by atoms with Crippen molar-refractivity contribution >= 4 is 68.7 Å². The standard InChI is InChI=1S/C26H19BrCl2N2O5/c1-2-35-22-12-15(11-20(27)23(22)36-14-16-8-9-17(28)13-21(16)29)10-19-24(32)30-26(34)31(25(19)33)18-6-4-3-5-7-18/h3-13H,2,14H2,1H3,(H,30,32,34)/b19-10-. The first-order chi connectivity index (χ1) is 17.3. The van der Waals surface area contributed by atoms with Gasteiger partial charge in [-0.3, -0.25) is 14.9 Å². The highest BCUT2D eigenvalue weighted by Crippen LogP contribution is 2.39. The third-order valence-electron chi connectivity index (χ3n) is 5.15. The van der Waals surface area contributed by atoms with Gasteiger partial charge in [0.15, 0.2) is 11.5 Å². The summed E-state index contributed by atoms with van der Waals surface area (Å²) in [6.45, 7) is 2.32. The fraction of sp³-hybridized carbons (Fsp3) is 0.115. The van der Waals surface area contributed by atoms with E-state index in [1.807, 2.05) is 6.92 Å². The minimum atomic E-state index is -0.811. The Morgan fingerprint density at radius 2 is 1.75 bits per heavy atom. The topological polar surface area (TPSA) is 84.9 Å². The zero-order valence-corrected chi connectivity index (χ0v) is 22.0. The molecule has 1 N–H and O–H groups in total. The first kappa shape index (κ1) is 25.8. The average Bonchev–Trinajstić information content (AvgIpc) is 2.83. The van der Waals surface area contributed by atoms with Crippen LogP contribution in [0, 0.1) is 0 Å². The molecule has 0 saturated carbocycles. The van der Waals surface area contributed by atoms with Crippen molar-refractivity contribution in [2.45, 2.75) is 13.5 Å². The van der Waals surface area contributed by atoms with E-state index in [0.717, 1.165) is 10.5 Å². The number of halogens is 3. The Bertz CT molecular complexity index is 1380. The number of barbiturate groups is 1. The maximum absolute atomic E-state index is 13.1. The van der Waals surface area contributed by atoms with Crippen molar-refractivity contribution in [1.82, 2.24) is 5.32 Å². The molecule has 0 atom stereocenters. The minimum absolute atomic E-state index is 0.157. The summed E-state index contributed by atoms with van der Waals surface area (Å²) in [6, 6.07) is 16.0. The molecule has 184 valence electrons. The fourth-order valence-corrected chi connectivity index (χ4v) is 4.54. The molecule has 1 heterocycles. The van der Waals surface area contributed by atoms with Gasteiger partial charge in [-0.2, -0.15) is 0 Å². The van der Waals surface area contributed by atoms with Crippen molar-refractivity contribution in [3.05, 3.63) is 91.9 Å². The Hall–Kier alpha value is -3.33. The summed E-state index contributed by atoms with van der Waals surface area (Å²) < 4.78 is 12.3. The zero-order chi connectivity index (χ0) is 25.8. The number of carbonyl (C=O) groups excluding carboxylic acids is 3. The Morgan fingerprint density at radius 1 is 1.00 bits per heavy atom. The molecule has 0 bridgehead atoms. The van der Waals surface area contributed by atoms with Crippen molar-refractivity contribution in [2.24, 2.45) is 0 Å². The van der Waals surface area contributed by atoms with Gasteiger partial charge in [-0.25, -0.2) is 9.69 Å². The van der Waals surface area contributed by atoms with E-state index in [9.17, 15) is 14.4 Å². The molecule has 0 radical (unpaired) electrons. The van der Waals surface area contributed by atoms with Gasteiger partial charge in [-0.15, -0.1) is 0 Å². The van der Waals surface area contributed by atoms with Crippen LogP contribution < -0.4 is 19.7 Å². The van der Waals surface area contributed by atoms with Crippen LogP contribution in [0.25, 0.3) is 6.08 Å². The molecule has 1 saturated heterocycles. The second-order valence-electron chi connectivity index (χ2n) is 7.58. The van der Waals surface area contributed by atoms with Crippen LogP contribution in [0.4, 0.5) is 10.5 Å². The van der Waals surface area contributed by atoms with E-state index in [1.54, 1.807) is 60.7 Å². The molecular formula is C26H19BrCl2N2O5. The molecule has 7 nitrogen and oxygen atoms in total. The molecule has 10 heteroatoms. The van der Waals surface area contributed by atoms with Crippen molar-refractivity contribution in [3.63, 3.8) is 0 Å². The predicted molar refractivity (Wildman–Crippen MR) is 142 cm³/mol. The van der Waals surface area contributed by atoms with Crippen molar-refractivity contribution in [2.75, 3.05) is 11.5 Å². The number of hydrogen-bond donors (Lipinski definition) is 1. The summed E-state index contributed by atoms with van der Waals surface area (Å²) in [5.41, 5.74) is 1.37. The van der Waals surface area contributed by atoms with E-state index in [4.69, 9.17) is 32.7 Å². The molecule has 1 aliphatic heterocycles. The average molecular weight is 590 g/mol. The van der Waals surface area contributed by atoms with Crippen LogP contribution in [-0.4, -0.2) is 24.5 Å². The SMILES string of the molecule is CCOc1cc(/C=C2/C(=O)NC(=O)N(c3ccccc3)C2=O)cc(Br)c1OCc1ccc(Cl)cc1Cl. The second-order valence-corrected chi connectivity index (χ2v) is 9.28. The highest BCUT2D eigenvalue weighted by atomic mass is 79.9. The number of nitrogens with one attached hydrogen (secondary N) is 1. The number of nitrogens with zero attached hydrogens (tertiary/aromatic N) is 1. The van der Waals surface area contributed by atoms with E-state index in [2.05, 4.69) is 21.2 Å². The van der Waals surface area contributed by atoms with Crippen molar-refractivity contribution in [3.8, 4) is 11.5 Å². The van der Waals surface area contributed by atoms with Gasteiger partial charge in [0.1, 0.15) is 12.2 Å². The number of urea groups is 1. The lowest BCUT2D eigenvalue weighted by Gasteiger charge is -2.26. The zero-order valence-electron chi connectivity index (χ0n) is 18.9. The number of carbonyl (C=O) groups is 3. The lowest BCUT2D eigenvalue weighted by molar-refractivity contribution is -0.122. The van der Waals surface area contributed by atoms with Crippen molar-refractivity contribution < 1.29 is 23.9 Å². The third-order valence-corrected chi connectivity index (χ3v) is 6.32. The van der Waals surface area contributed by atoms with Crippen LogP contribution >= 0.6 is 39.1 Å². The van der Waals surface area contributed by atoms with Crippen LogP contribution in [0.1, 0.15) is 18.1 Å². The molecule has 0 aromatic heterocycles. The number of benzene rings is 3. The first-order valence-electron chi connectivity index (χ1n) is 10.8. The molecule has 0 spiro atoms. The number of para-hydroxylation sites is 1.